The quantitative estimate of drug-likeness (QED) is 0.589. The van der Waals surface area contributed by atoms with Gasteiger partial charge in [0.2, 0.25) is 0 Å². The van der Waals surface area contributed by atoms with Crippen LogP contribution in [0.15, 0.2) is 6.20 Å². The molecule has 0 bridgehead atoms. The van der Waals surface area contributed by atoms with Crippen LogP contribution in [-0.2, 0) is 11.8 Å². The van der Waals surface area contributed by atoms with Gasteiger partial charge < -0.3 is 10.1 Å². The van der Waals surface area contributed by atoms with Crippen LogP contribution in [0.5, 0.6) is 0 Å². The van der Waals surface area contributed by atoms with E-state index < -0.39 is 0 Å². The van der Waals surface area contributed by atoms with Crippen LogP contribution in [0, 0.1) is 6.92 Å². The Morgan fingerprint density at radius 3 is 2.94 bits per heavy atom. The molecule has 0 radical (unpaired) electrons. The van der Waals surface area contributed by atoms with Gasteiger partial charge in [0.25, 0.3) is 5.91 Å². The van der Waals surface area contributed by atoms with Crippen molar-refractivity contribution in [2.75, 3.05) is 25.6 Å². The number of aryl methyl sites for hydroxylation is 2. The van der Waals surface area contributed by atoms with Gasteiger partial charge in [0.05, 0.1) is 17.9 Å². The Morgan fingerprint density at radius 2 is 2.35 bits per heavy atom. The van der Waals surface area contributed by atoms with Crippen LogP contribution in [0.2, 0.25) is 0 Å². The Bertz CT molecular complexity index is 366. The molecule has 0 unspecified atom stereocenters. The SMILES string of the molecule is Cc1nn(C)cc1C(=O)NCCCOCCCl. The summed E-state index contributed by atoms with van der Waals surface area (Å²) in [5, 5.41) is 6.94. The molecule has 1 heterocycles. The van der Waals surface area contributed by atoms with Crippen LogP contribution in [0.3, 0.4) is 0 Å². The van der Waals surface area contributed by atoms with Gasteiger partial charge in [-0.05, 0) is 13.3 Å². The Morgan fingerprint density at radius 1 is 1.59 bits per heavy atom. The van der Waals surface area contributed by atoms with E-state index in [9.17, 15) is 4.79 Å². The molecule has 0 saturated carbocycles. The van der Waals surface area contributed by atoms with E-state index in [1.54, 1.807) is 17.9 Å². The number of alkyl halides is 1. The number of halogens is 1. The highest BCUT2D eigenvalue weighted by molar-refractivity contribution is 6.17. The van der Waals surface area contributed by atoms with E-state index >= 15 is 0 Å². The van der Waals surface area contributed by atoms with Crippen LogP contribution in [-0.4, -0.2) is 41.3 Å². The highest BCUT2D eigenvalue weighted by Gasteiger charge is 2.11. The summed E-state index contributed by atoms with van der Waals surface area (Å²) in [6.45, 7) is 3.57. The highest BCUT2D eigenvalue weighted by atomic mass is 35.5. The third-order valence-electron chi connectivity index (χ3n) is 2.23. The minimum Gasteiger partial charge on any atom is -0.380 e. The van der Waals surface area contributed by atoms with Crippen LogP contribution in [0.4, 0.5) is 0 Å². The molecule has 0 aliphatic carbocycles. The molecule has 0 aliphatic heterocycles. The lowest BCUT2D eigenvalue weighted by molar-refractivity contribution is 0.0944. The minimum absolute atomic E-state index is 0.0899. The molecule has 0 atom stereocenters. The molecule has 17 heavy (non-hydrogen) atoms. The van der Waals surface area contributed by atoms with E-state index in [1.165, 1.54) is 0 Å². The Balaban J connectivity index is 2.23. The predicted molar refractivity (Wildman–Crippen MR) is 66.4 cm³/mol. The molecule has 0 aromatic carbocycles. The number of rotatable bonds is 7. The summed E-state index contributed by atoms with van der Waals surface area (Å²) in [5.41, 5.74) is 1.36. The lowest BCUT2D eigenvalue weighted by atomic mass is 10.2. The molecule has 5 nitrogen and oxygen atoms in total. The molecule has 0 spiro atoms. The van der Waals surface area contributed by atoms with Crippen molar-refractivity contribution in [3.8, 4) is 0 Å². The molecule has 0 fully saturated rings. The second-order valence-electron chi connectivity index (χ2n) is 3.71. The van der Waals surface area contributed by atoms with Gasteiger partial charge in [-0.1, -0.05) is 0 Å². The van der Waals surface area contributed by atoms with Gasteiger partial charge in [-0.3, -0.25) is 9.48 Å². The lowest BCUT2D eigenvalue weighted by Crippen LogP contribution is -2.25. The Hall–Kier alpha value is -1.07. The van der Waals surface area contributed by atoms with Crippen molar-refractivity contribution in [1.82, 2.24) is 15.1 Å². The van der Waals surface area contributed by atoms with Gasteiger partial charge >= 0.3 is 0 Å². The molecular weight excluding hydrogens is 242 g/mol. The first-order valence-electron chi connectivity index (χ1n) is 5.57. The van der Waals surface area contributed by atoms with Crippen LogP contribution in [0.1, 0.15) is 22.5 Å². The number of hydrogen-bond donors (Lipinski definition) is 1. The van der Waals surface area contributed by atoms with Gasteiger partial charge in [-0.15, -0.1) is 11.6 Å². The van der Waals surface area contributed by atoms with Gasteiger partial charge in [-0.2, -0.15) is 5.10 Å². The van der Waals surface area contributed by atoms with Crippen molar-refractivity contribution < 1.29 is 9.53 Å². The molecule has 6 heteroatoms. The predicted octanol–water partition coefficient (Wildman–Crippen LogP) is 1.10. The molecule has 1 N–H and O–H groups in total. The second-order valence-corrected chi connectivity index (χ2v) is 4.09. The van der Waals surface area contributed by atoms with Crippen molar-refractivity contribution in [3.05, 3.63) is 17.5 Å². The molecule has 1 amide bonds. The summed E-state index contributed by atoms with van der Waals surface area (Å²) in [7, 11) is 1.80. The lowest BCUT2D eigenvalue weighted by Gasteiger charge is -2.04. The van der Waals surface area contributed by atoms with E-state index in [4.69, 9.17) is 16.3 Å². The average molecular weight is 260 g/mol. The first-order chi connectivity index (χ1) is 8.15. The van der Waals surface area contributed by atoms with Crippen molar-refractivity contribution in [2.45, 2.75) is 13.3 Å². The fourth-order valence-corrected chi connectivity index (χ4v) is 1.56. The standard InChI is InChI=1S/C11H18ClN3O2/c1-9-10(8-15(2)14-9)11(16)13-5-3-6-17-7-4-12/h8H,3-7H2,1-2H3,(H,13,16). The number of amides is 1. The number of ether oxygens (including phenoxy) is 1. The third kappa shape index (κ3) is 4.75. The normalized spacial score (nSPS) is 10.5. The minimum atomic E-state index is -0.0899. The fourth-order valence-electron chi connectivity index (χ4n) is 1.45. The Labute approximate surface area is 106 Å². The number of nitrogens with zero attached hydrogens (tertiary/aromatic N) is 2. The first-order valence-corrected chi connectivity index (χ1v) is 6.10. The molecule has 1 aromatic rings. The maximum absolute atomic E-state index is 11.7. The smallest absolute Gasteiger partial charge is 0.254 e. The van der Waals surface area contributed by atoms with Crippen molar-refractivity contribution in [3.63, 3.8) is 0 Å². The van der Waals surface area contributed by atoms with Gasteiger partial charge in [-0.25, -0.2) is 0 Å². The maximum atomic E-state index is 11.7. The summed E-state index contributed by atoms with van der Waals surface area (Å²) in [6.07, 6.45) is 2.50. The number of nitrogens with one attached hydrogen (secondary N) is 1. The third-order valence-corrected chi connectivity index (χ3v) is 2.38. The number of carbonyl (C=O) groups excluding carboxylic acids is 1. The van der Waals surface area contributed by atoms with E-state index in [2.05, 4.69) is 10.4 Å². The summed E-state index contributed by atoms with van der Waals surface area (Å²) < 4.78 is 6.83. The molecule has 0 saturated heterocycles. The number of carbonyl (C=O) groups is 1. The van der Waals surface area contributed by atoms with Crippen molar-refractivity contribution in [1.29, 1.82) is 0 Å². The van der Waals surface area contributed by atoms with E-state index in [-0.39, 0.29) is 5.91 Å². The topological polar surface area (TPSA) is 56.2 Å². The molecule has 0 aliphatic rings. The zero-order valence-corrected chi connectivity index (χ0v) is 11.0. The molecule has 1 rings (SSSR count). The molecule has 96 valence electrons. The van der Waals surface area contributed by atoms with Gasteiger partial charge in [0.15, 0.2) is 0 Å². The first kappa shape index (κ1) is 14.0. The summed E-state index contributed by atoms with van der Waals surface area (Å²) >= 11 is 5.46. The zero-order valence-electron chi connectivity index (χ0n) is 10.2. The number of hydrogen-bond acceptors (Lipinski definition) is 3. The van der Waals surface area contributed by atoms with Crippen LogP contribution >= 0.6 is 11.6 Å². The highest BCUT2D eigenvalue weighted by Crippen LogP contribution is 2.03. The monoisotopic (exact) mass is 259 g/mol. The van der Waals surface area contributed by atoms with Gasteiger partial charge in [0, 0.05) is 32.3 Å². The fraction of sp³-hybridized carbons (Fsp3) is 0.636. The van der Waals surface area contributed by atoms with Crippen LogP contribution < -0.4 is 5.32 Å². The molecule has 1 aromatic heterocycles. The van der Waals surface area contributed by atoms with Crippen molar-refractivity contribution in [2.24, 2.45) is 7.05 Å². The largest absolute Gasteiger partial charge is 0.380 e. The second kappa shape index (κ2) is 7.29. The maximum Gasteiger partial charge on any atom is 0.254 e. The van der Waals surface area contributed by atoms with Crippen LogP contribution in [0.25, 0.3) is 0 Å². The van der Waals surface area contributed by atoms with Gasteiger partial charge in [0.1, 0.15) is 0 Å². The van der Waals surface area contributed by atoms with E-state index in [1.807, 2.05) is 6.92 Å². The molecular formula is C11H18ClN3O2. The Kier molecular flexibility index (Phi) is 6.00. The summed E-state index contributed by atoms with van der Waals surface area (Å²) in [5.74, 6) is 0.411. The van der Waals surface area contributed by atoms with E-state index in [0.717, 1.165) is 12.1 Å². The zero-order chi connectivity index (χ0) is 12.7. The van der Waals surface area contributed by atoms with Crippen molar-refractivity contribution >= 4 is 17.5 Å². The number of aromatic nitrogens is 2. The summed E-state index contributed by atoms with van der Waals surface area (Å²) in [4.78, 5) is 11.7. The van der Waals surface area contributed by atoms with E-state index in [0.29, 0.717) is 31.2 Å². The summed E-state index contributed by atoms with van der Waals surface area (Å²) in [6, 6.07) is 0. The average Bonchev–Trinajstić information content (AvgIpc) is 2.62.